The number of carbonyl (C=O) groups excluding carboxylic acids is 2. The van der Waals surface area contributed by atoms with Crippen molar-refractivity contribution in [1.82, 2.24) is 14.5 Å². The summed E-state index contributed by atoms with van der Waals surface area (Å²) in [5.74, 6) is -0.126. The fraction of sp³-hybridized carbons (Fsp3) is 0.500. The van der Waals surface area contributed by atoms with Crippen LogP contribution < -0.4 is 10.6 Å². The minimum atomic E-state index is -3.42. The first-order chi connectivity index (χ1) is 12.2. The zero-order valence-electron chi connectivity index (χ0n) is 14.4. The molecule has 1 atom stereocenters. The van der Waals surface area contributed by atoms with Crippen molar-refractivity contribution in [2.45, 2.75) is 6.42 Å². The van der Waals surface area contributed by atoms with Gasteiger partial charge in [-0.05, 0) is 24.3 Å². The van der Waals surface area contributed by atoms with Gasteiger partial charge in [0.2, 0.25) is 15.9 Å². The maximum Gasteiger partial charge on any atom is 0.321 e. The lowest BCUT2D eigenvalue weighted by Crippen LogP contribution is -2.45. The van der Waals surface area contributed by atoms with Crippen molar-refractivity contribution < 1.29 is 18.0 Å². The van der Waals surface area contributed by atoms with Crippen LogP contribution in [-0.4, -0.2) is 68.5 Å². The highest BCUT2D eigenvalue weighted by Crippen LogP contribution is 2.32. The van der Waals surface area contributed by atoms with Gasteiger partial charge < -0.3 is 15.5 Å². The second kappa shape index (κ2) is 7.05. The summed E-state index contributed by atoms with van der Waals surface area (Å²) < 4.78 is 25.4. The number of rotatable bonds is 2. The molecule has 26 heavy (non-hydrogen) atoms. The molecule has 8 nitrogen and oxygen atoms in total. The van der Waals surface area contributed by atoms with E-state index in [1.807, 2.05) is 0 Å². The van der Waals surface area contributed by atoms with E-state index >= 15 is 0 Å². The quantitative estimate of drug-likeness (QED) is 0.772. The lowest BCUT2D eigenvalue weighted by Gasteiger charge is -2.32. The number of halogens is 1. The van der Waals surface area contributed by atoms with Gasteiger partial charge in [0.25, 0.3) is 0 Å². The molecule has 2 aliphatic rings. The van der Waals surface area contributed by atoms with Crippen LogP contribution >= 0.6 is 11.6 Å². The summed E-state index contributed by atoms with van der Waals surface area (Å²) in [5.41, 5.74) is -0.0214. The van der Waals surface area contributed by atoms with E-state index < -0.39 is 15.4 Å². The predicted molar refractivity (Wildman–Crippen MR) is 98.5 cm³/mol. The van der Waals surface area contributed by atoms with Gasteiger partial charge in [0, 0.05) is 55.3 Å². The summed E-state index contributed by atoms with van der Waals surface area (Å²) in [6.07, 6.45) is 1.35. The smallest absolute Gasteiger partial charge is 0.321 e. The SMILES string of the molecule is CS(=O)(=O)N1CCN(C(=O)Nc2ccc(Cl)cc2)CC2(CNC(=O)C2)C1. The van der Waals surface area contributed by atoms with Crippen LogP contribution in [-0.2, 0) is 14.8 Å². The molecule has 2 aliphatic heterocycles. The fourth-order valence-electron chi connectivity index (χ4n) is 3.39. The Bertz CT molecular complexity index is 814. The van der Waals surface area contributed by atoms with E-state index in [1.165, 1.54) is 4.31 Å². The lowest BCUT2D eigenvalue weighted by atomic mass is 9.86. The molecule has 3 rings (SSSR count). The van der Waals surface area contributed by atoms with Gasteiger partial charge in [0.1, 0.15) is 0 Å². The minimum Gasteiger partial charge on any atom is -0.355 e. The van der Waals surface area contributed by atoms with Crippen LogP contribution in [0.1, 0.15) is 6.42 Å². The number of nitrogens with zero attached hydrogens (tertiary/aromatic N) is 2. The third-order valence-electron chi connectivity index (χ3n) is 4.71. The first kappa shape index (κ1) is 18.9. The van der Waals surface area contributed by atoms with E-state index in [2.05, 4.69) is 10.6 Å². The molecule has 2 saturated heterocycles. The van der Waals surface area contributed by atoms with Gasteiger partial charge in [-0.15, -0.1) is 0 Å². The largest absolute Gasteiger partial charge is 0.355 e. The zero-order valence-corrected chi connectivity index (χ0v) is 15.9. The molecule has 142 valence electrons. The van der Waals surface area contributed by atoms with Gasteiger partial charge in [0.15, 0.2) is 0 Å². The molecule has 1 spiro atoms. The molecule has 2 heterocycles. The highest BCUT2D eigenvalue weighted by molar-refractivity contribution is 7.88. The molecular weight excluding hydrogens is 380 g/mol. The zero-order chi connectivity index (χ0) is 18.9. The number of anilines is 1. The Hall–Kier alpha value is -1.84. The first-order valence-corrected chi connectivity index (χ1v) is 10.4. The van der Waals surface area contributed by atoms with Gasteiger partial charge >= 0.3 is 6.03 Å². The van der Waals surface area contributed by atoms with Crippen LogP contribution in [0.25, 0.3) is 0 Å². The Labute approximate surface area is 157 Å². The number of amides is 3. The molecule has 0 aromatic heterocycles. The molecule has 0 radical (unpaired) electrons. The third-order valence-corrected chi connectivity index (χ3v) is 6.21. The highest BCUT2D eigenvalue weighted by Gasteiger charge is 2.45. The van der Waals surface area contributed by atoms with Crippen molar-refractivity contribution in [1.29, 1.82) is 0 Å². The van der Waals surface area contributed by atoms with E-state index in [0.717, 1.165) is 6.26 Å². The van der Waals surface area contributed by atoms with Gasteiger partial charge in [-0.25, -0.2) is 13.2 Å². The maximum atomic E-state index is 12.7. The van der Waals surface area contributed by atoms with Crippen LogP contribution in [0.4, 0.5) is 10.5 Å². The van der Waals surface area contributed by atoms with Crippen molar-refractivity contribution >= 4 is 39.2 Å². The molecule has 0 saturated carbocycles. The maximum absolute atomic E-state index is 12.7. The summed E-state index contributed by atoms with van der Waals surface area (Å²) >= 11 is 5.85. The van der Waals surface area contributed by atoms with E-state index in [4.69, 9.17) is 11.6 Å². The van der Waals surface area contributed by atoms with Crippen molar-refractivity contribution in [2.24, 2.45) is 5.41 Å². The highest BCUT2D eigenvalue weighted by atomic mass is 35.5. The van der Waals surface area contributed by atoms with E-state index in [0.29, 0.717) is 23.8 Å². The summed E-state index contributed by atoms with van der Waals surface area (Å²) in [6.45, 7) is 1.32. The molecule has 0 aliphatic carbocycles. The fourth-order valence-corrected chi connectivity index (χ4v) is 4.43. The monoisotopic (exact) mass is 400 g/mol. The topological polar surface area (TPSA) is 98.8 Å². The number of sulfonamides is 1. The molecule has 1 unspecified atom stereocenters. The second-order valence-electron chi connectivity index (χ2n) is 6.91. The Balaban J connectivity index is 1.79. The molecule has 1 aromatic rings. The molecule has 2 N–H and O–H groups in total. The van der Waals surface area contributed by atoms with Crippen molar-refractivity contribution in [3.05, 3.63) is 29.3 Å². The van der Waals surface area contributed by atoms with Crippen LogP contribution in [0, 0.1) is 5.41 Å². The molecule has 2 fully saturated rings. The van der Waals surface area contributed by atoms with E-state index in [9.17, 15) is 18.0 Å². The first-order valence-electron chi connectivity index (χ1n) is 8.20. The molecule has 0 bridgehead atoms. The molecule has 10 heteroatoms. The van der Waals surface area contributed by atoms with Crippen LogP contribution in [0.5, 0.6) is 0 Å². The normalized spacial score (nSPS) is 24.4. The second-order valence-corrected chi connectivity index (χ2v) is 9.33. The standard InChI is InChI=1S/C16H21ClN4O4S/c1-26(24,25)21-7-6-20(10-16(11-21)8-14(22)18-9-16)15(23)19-13-4-2-12(17)3-5-13/h2-5H,6-11H2,1H3,(H,18,22)(H,19,23). The number of hydrogen-bond acceptors (Lipinski definition) is 4. The summed E-state index contributed by atoms with van der Waals surface area (Å²) in [6, 6.07) is 6.40. The van der Waals surface area contributed by atoms with Gasteiger partial charge in [0.05, 0.1) is 6.26 Å². The third kappa shape index (κ3) is 4.28. The summed E-state index contributed by atoms with van der Waals surface area (Å²) in [5, 5.41) is 6.12. The Morgan fingerprint density at radius 1 is 1.23 bits per heavy atom. The molecular formula is C16H21ClN4O4S. The number of nitrogens with one attached hydrogen (secondary N) is 2. The van der Waals surface area contributed by atoms with Crippen LogP contribution in [0.2, 0.25) is 5.02 Å². The van der Waals surface area contributed by atoms with Gasteiger partial charge in [-0.3, -0.25) is 4.79 Å². The van der Waals surface area contributed by atoms with E-state index in [-0.39, 0.29) is 38.0 Å². The summed E-state index contributed by atoms with van der Waals surface area (Å²) in [4.78, 5) is 26.0. The number of carbonyl (C=O) groups is 2. The average molecular weight is 401 g/mol. The average Bonchev–Trinajstić information content (AvgIpc) is 2.80. The van der Waals surface area contributed by atoms with Crippen LogP contribution in [0.3, 0.4) is 0 Å². The predicted octanol–water partition coefficient (Wildman–Crippen LogP) is 0.955. The van der Waals surface area contributed by atoms with Crippen molar-refractivity contribution in [3.63, 3.8) is 0 Å². The molecule has 3 amide bonds. The van der Waals surface area contributed by atoms with Crippen LogP contribution in [0.15, 0.2) is 24.3 Å². The number of benzene rings is 1. The Kier molecular flexibility index (Phi) is 5.14. The molecule has 1 aromatic carbocycles. The van der Waals surface area contributed by atoms with Gasteiger partial charge in [-0.1, -0.05) is 11.6 Å². The lowest BCUT2D eigenvalue weighted by molar-refractivity contribution is -0.119. The van der Waals surface area contributed by atoms with E-state index in [1.54, 1.807) is 29.2 Å². The summed E-state index contributed by atoms with van der Waals surface area (Å²) in [7, 11) is -3.42. The number of urea groups is 1. The Morgan fingerprint density at radius 2 is 1.92 bits per heavy atom. The van der Waals surface area contributed by atoms with Crippen molar-refractivity contribution in [3.8, 4) is 0 Å². The number of hydrogen-bond donors (Lipinski definition) is 2. The van der Waals surface area contributed by atoms with Crippen molar-refractivity contribution in [2.75, 3.05) is 44.3 Å². The Morgan fingerprint density at radius 3 is 2.50 bits per heavy atom. The van der Waals surface area contributed by atoms with Gasteiger partial charge in [-0.2, -0.15) is 4.31 Å². The minimum absolute atomic E-state index is 0.126.